The fourth-order valence-electron chi connectivity index (χ4n) is 8.35. The molecule has 1 rings (SSSR count). The van der Waals surface area contributed by atoms with Gasteiger partial charge in [-0.05, 0) is 109 Å². The fourth-order valence-corrected chi connectivity index (χ4v) is 8.86. The summed E-state index contributed by atoms with van der Waals surface area (Å²) in [6, 6.07) is 0. The molecule has 0 spiro atoms. The highest BCUT2D eigenvalue weighted by Crippen LogP contribution is 2.26. The third-order valence-electron chi connectivity index (χ3n) is 12.8. The van der Waals surface area contributed by atoms with Crippen molar-refractivity contribution in [3.05, 3.63) is 134 Å². The van der Waals surface area contributed by atoms with Crippen LogP contribution in [0.3, 0.4) is 0 Å². The molecule has 78 heavy (non-hydrogen) atoms. The number of hydrogen-bond donors (Lipinski definition) is 4. The second-order valence-corrected chi connectivity index (χ2v) is 20.9. The maximum atomic E-state index is 13.0. The monoisotopic (exact) mass is 1110 g/mol. The van der Waals surface area contributed by atoms with E-state index in [-0.39, 0.29) is 19.6 Å². The maximum Gasteiger partial charge on any atom is 0.397 e. The molecule has 1 heterocycles. The maximum absolute atomic E-state index is 13.0. The van der Waals surface area contributed by atoms with E-state index >= 15 is 0 Å². The molecule has 0 saturated carbocycles. The predicted octanol–water partition coefficient (Wildman–Crippen LogP) is 15.4. The smallest absolute Gasteiger partial charge is 0.397 e. The lowest BCUT2D eigenvalue weighted by Gasteiger charge is -2.41. The molecular formula is C65H106O12S. The normalized spacial score (nSPS) is 19.4. The van der Waals surface area contributed by atoms with Crippen molar-refractivity contribution in [1.29, 1.82) is 0 Å². The first kappa shape index (κ1) is 72.3. The molecule has 0 aliphatic carbocycles. The van der Waals surface area contributed by atoms with Crippen molar-refractivity contribution in [3.63, 3.8) is 0 Å². The van der Waals surface area contributed by atoms with E-state index in [9.17, 15) is 33.1 Å². The lowest BCUT2D eigenvalue weighted by molar-refractivity contribution is -0.301. The second kappa shape index (κ2) is 53.9. The highest BCUT2D eigenvalue weighted by Gasteiger charge is 2.48. The minimum absolute atomic E-state index is 0.00885. The van der Waals surface area contributed by atoms with Gasteiger partial charge < -0.3 is 34.3 Å². The molecule has 12 nitrogen and oxygen atoms in total. The highest BCUT2D eigenvalue weighted by atomic mass is 32.3. The van der Waals surface area contributed by atoms with Crippen molar-refractivity contribution in [2.24, 2.45) is 0 Å². The van der Waals surface area contributed by atoms with Gasteiger partial charge in [0, 0.05) is 13.0 Å². The molecule has 13 heteroatoms. The Bertz CT molecular complexity index is 1860. The Morgan fingerprint density at radius 2 is 0.846 bits per heavy atom. The van der Waals surface area contributed by atoms with Crippen LogP contribution in [0.5, 0.6) is 0 Å². The Balaban J connectivity index is 2.33. The van der Waals surface area contributed by atoms with Gasteiger partial charge in [-0.25, -0.2) is 4.18 Å². The molecule has 0 bridgehead atoms. The molecule has 1 saturated heterocycles. The number of allylic oxidation sites excluding steroid dienone is 22. The van der Waals surface area contributed by atoms with Crippen molar-refractivity contribution in [1.82, 2.24) is 0 Å². The van der Waals surface area contributed by atoms with Gasteiger partial charge in [-0.2, -0.15) is 8.42 Å². The molecule has 0 radical (unpaired) electrons. The van der Waals surface area contributed by atoms with Crippen LogP contribution in [0, 0.1) is 0 Å². The van der Waals surface area contributed by atoms with Crippen LogP contribution in [0.2, 0.25) is 0 Å². The zero-order chi connectivity index (χ0) is 56.7. The van der Waals surface area contributed by atoms with E-state index in [0.717, 1.165) is 128 Å². The van der Waals surface area contributed by atoms with Gasteiger partial charge in [0.1, 0.15) is 30.5 Å². The number of esters is 1. The van der Waals surface area contributed by atoms with E-state index in [0.29, 0.717) is 13.0 Å². The first-order valence-electron chi connectivity index (χ1n) is 29.9. The third kappa shape index (κ3) is 46.0. The van der Waals surface area contributed by atoms with Crippen LogP contribution < -0.4 is 0 Å². The van der Waals surface area contributed by atoms with Crippen LogP contribution in [0.15, 0.2) is 134 Å². The quantitative estimate of drug-likeness (QED) is 0.0196. The lowest BCUT2D eigenvalue weighted by atomic mass is 9.99. The highest BCUT2D eigenvalue weighted by molar-refractivity contribution is 7.80. The summed E-state index contributed by atoms with van der Waals surface area (Å²) >= 11 is 0. The average Bonchev–Trinajstić information content (AvgIpc) is 3.42. The van der Waals surface area contributed by atoms with E-state index in [1.807, 2.05) is 0 Å². The summed E-state index contributed by atoms with van der Waals surface area (Å²) in [5, 5.41) is 30.9. The first-order valence-corrected chi connectivity index (χ1v) is 31.3. The Labute approximate surface area is 473 Å². The van der Waals surface area contributed by atoms with Gasteiger partial charge >= 0.3 is 16.4 Å². The van der Waals surface area contributed by atoms with Crippen molar-refractivity contribution in [2.45, 2.75) is 243 Å². The lowest BCUT2D eigenvalue weighted by Crippen LogP contribution is -2.60. The van der Waals surface area contributed by atoms with E-state index < -0.39 is 59.8 Å². The van der Waals surface area contributed by atoms with Gasteiger partial charge in [0.05, 0.1) is 19.8 Å². The van der Waals surface area contributed by atoms with Gasteiger partial charge in [-0.15, -0.1) is 0 Å². The largest absolute Gasteiger partial charge is 0.457 e. The summed E-state index contributed by atoms with van der Waals surface area (Å²) in [5.74, 6) is -0.416. The molecule has 4 N–H and O–H groups in total. The predicted molar refractivity (Wildman–Crippen MR) is 321 cm³/mol. The zero-order valence-electron chi connectivity index (χ0n) is 48.2. The van der Waals surface area contributed by atoms with Gasteiger partial charge in [-0.3, -0.25) is 9.35 Å². The summed E-state index contributed by atoms with van der Waals surface area (Å²) in [6.45, 7) is 3.70. The SMILES string of the molecule is CC/C=C\C/C=C\C/C=C\C/C=C\C/C=C\C/C=C\C/C=C\CCCCCCOCC(COC1OC(CO)C(O)C(OS(=O)(=O)O)C1O)OC(=O)CCCCCCCCCCCCCC/C=C\C/C=C\C/C=C\C/C=C\CC. The van der Waals surface area contributed by atoms with Crippen LogP contribution in [-0.4, -0.2) is 97.5 Å². The molecular weight excluding hydrogens is 1000 g/mol. The molecule has 444 valence electrons. The minimum Gasteiger partial charge on any atom is -0.457 e. The summed E-state index contributed by atoms with van der Waals surface area (Å²) in [4.78, 5) is 13.0. The van der Waals surface area contributed by atoms with E-state index in [1.165, 1.54) is 51.4 Å². The first-order chi connectivity index (χ1) is 38.1. The Kier molecular flexibility index (Phi) is 49.9. The molecule has 1 aliphatic heterocycles. The van der Waals surface area contributed by atoms with E-state index in [4.69, 9.17) is 18.9 Å². The number of unbranched alkanes of at least 4 members (excludes halogenated alkanes) is 16. The minimum atomic E-state index is -5.08. The molecule has 0 aromatic heterocycles. The molecule has 1 fully saturated rings. The number of aliphatic hydroxyl groups excluding tert-OH is 3. The number of ether oxygens (including phenoxy) is 4. The molecule has 0 aromatic carbocycles. The molecule has 0 amide bonds. The zero-order valence-corrected chi connectivity index (χ0v) is 49.0. The van der Waals surface area contributed by atoms with Crippen LogP contribution >= 0.6 is 0 Å². The van der Waals surface area contributed by atoms with Crippen LogP contribution in [0.25, 0.3) is 0 Å². The number of hydrogen-bond acceptors (Lipinski definition) is 11. The Morgan fingerprint density at radius 1 is 0.487 bits per heavy atom. The standard InChI is InChI=1S/C65H106O12S/c1-3-5-7-9-11-13-15-17-19-21-23-25-27-29-31-33-35-37-39-41-43-45-47-49-51-53-55-73-57-59(58-74-65-63(69)64(77-78(70,71)72)62(68)60(56-66)76-65)75-61(67)54-52-50-48-46-44-42-40-38-36-34-32-30-28-26-24-22-20-18-16-14-12-10-8-6-4-2/h5-8,11-14,17-20,23-26,29,31,35,37,41,43,59-60,62-66,68-69H,3-4,9-10,15-16,21-22,27-28,30,32-34,36,38-40,42,44-58H2,1-2H3,(H,70,71,72)/b7-5-,8-6-,13-11-,14-12-,19-17-,20-18-,25-23-,26-24-,31-29-,37-35-,43-41-. The summed E-state index contributed by atoms with van der Waals surface area (Å²) in [6.07, 6.45) is 70.5. The number of carbonyl (C=O) groups is 1. The number of carbonyl (C=O) groups excluding carboxylic acids is 1. The Morgan fingerprint density at radius 3 is 1.23 bits per heavy atom. The van der Waals surface area contributed by atoms with Gasteiger partial charge in [0.15, 0.2) is 6.29 Å². The summed E-state index contributed by atoms with van der Waals surface area (Å²) < 4.78 is 59.5. The Hall–Kier alpha value is -3.76. The van der Waals surface area contributed by atoms with Crippen LogP contribution in [0.1, 0.15) is 206 Å². The van der Waals surface area contributed by atoms with Crippen LogP contribution in [-0.2, 0) is 38.3 Å². The van der Waals surface area contributed by atoms with Crippen molar-refractivity contribution >= 4 is 16.4 Å². The molecule has 6 atom stereocenters. The van der Waals surface area contributed by atoms with Gasteiger partial charge in [0.2, 0.25) is 0 Å². The summed E-state index contributed by atoms with van der Waals surface area (Å²) in [5.41, 5.74) is 0. The number of aliphatic hydroxyl groups is 3. The van der Waals surface area contributed by atoms with E-state index in [1.54, 1.807) is 0 Å². The van der Waals surface area contributed by atoms with Crippen molar-refractivity contribution in [2.75, 3.05) is 26.4 Å². The molecule has 6 unspecified atom stereocenters. The average molecular weight is 1110 g/mol. The fraction of sp³-hybridized carbons (Fsp3) is 0.646. The second-order valence-electron chi connectivity index (χ2n) is 19.8. The molecule has 0 aromatic rings. The van der Waals surface area contributed by atoms with Crippen molar-refractivity contribution < 1.29 is 56.2 Å². The van der Waals surface area contributed by atoms with Gasteiger partial charge in [0.25, 0.3) is 0 Å². The summed E-state index contributed by atoms with van der Waals surface area (Å²) in [7, 11) is -5.08. The third-order valence-corrected chi connectivity index (χ3v) is 13.2. The van der Waals surface area contributed by atoms with E-state index in [2.05, 4.69) is 152 Å². The number of rotatable bonds is 51. The molecule has 1 aliphatic rings. The topological polar surface area (TPSA) is 178 Å². The van der Waals surface area contributed by atoms with Crippen LogP contribution in [0.4, 0.5) is 0 Å². The van der Waals surface area contributed by atoms with Gasteiger partial charge in [-0.1, -0.05) is 225 Å². The van der Waals surface area contributed by atoms with Crippen molar-refractivity contribution in [3.8, 4) is 0 Å².